The van der Waals surface area contributed by atoms with Gasteiger partial charge < -0.3 is 14.8 Å². The van der Waals surface area contributed by atoms with E-state index in [2.05, 4.69) is 17.6 Å². The Hall–Kier alpha value is -2.60. The number of fused-ring (bicyclic) bond motifs is 1. The summed E-state index contributed by atoms with van der Waals surface area (Å²) in [5.41, 5.74) is 1.83. The maximum atomic E-state index is 12.4. The van der Waals surface area contributed by atoms with Gasteiger partial charge in [-0.05, 0) is 54.5 Å². The van der Waals surface area contributed by atoms with Crippen molar-refractivity contribution in [3.63, 3.8) is 0 Å². The van der Waals surface area contributed by atoms with Gasteiger partial charge in [0.2, 0.25) is 0 Å². The van der Waals surface area contributed by atoms with E-state index in [1.165, 1.54) is 19.3 Å². The van der Waals surface area contributed by atoms with E-state index >= 15 is 0 Å². The molecule has 1 aliphatic rings. The molecule has 28 heavy (non-hydrogen) atoms. The van der Waals surface area contributed by atoms with Crippen molar-refractivity contribution >= 4 is 28.9 Å². The highest BCUT2D eigenvalue weighted by atomic mass is 32.1. The number of rotatable bonds is 8. The summed E-state index contributed by atoms with van der Waals surface area (Å²) >= 11 is 5.25. The van der Waals surface area contributed by atoms with E-state index in [4.69, 9.17) is 21.7 Å². The Bertz CT molecular complexity index is 783. The number of benzene rings is 2. The number of nitrogens with one attached hydrogen (secondary N) is 2. The van der Waals surface area contributed by atoms with E-state index in [1.54, 1.807) is 0 Å². The first-order valence-electron chi connectivity index (χ1n) is 9.75. The van der Waals surface area contributed by atoms with Crippen LogP contribution in [0.1, 0.15) is 38.2 Å². The first kappa shape index (κ1) is 20.1. The summed E-state index contributed by atoms with van der Waals surface area (Å²) in [4.78, 5) is 12.4. The third-order valence-corrected chi connectivity index (χ3v) is 4.76. The maximum absolute atomic E-state index is 12.4. The molecule has 0 radical (unpaired) electrons. The molecule has 0 spiro atoms. The monoisotopic (exact) mass is 398 g/mol. The fraction of sp³-hybridized carbons (Fsp3) is 0.364. The quantitative estimate of drug-likeness (QED) is 0.508. The second-order valence-corrected chi connectivity index (χ2v) is 7.20. The van der Waals surface area contributed by atoms with E-state index in [0.717, 1.165) is 35.8 Å². The molecule has 0 aliphatic carbocycles. The smallest absolute Gasteiger partial charge is 0.267 e. The van der Waals surface area contributed by atoms with Crippen LogP contribution in [0.5, 0.6) is 11.5 Å². The average Bonchev–Trinajstić information content (AvgIpc) is 3.13. The van der Waals surface area contributed by atoms with Gasteiger partial charge in [0.25, 0.3) is 5.91 Å². The lowest BCUT2D eigenvalue weighted by molar-refractivity contribution is -0.125. The minimum atomic E-state index is -0.555. The van der Waals surface area contributed by atoms with E-state index in [-0.39, 0.29) is 11.0 Å². The fourth-order valence-corrected chi connectivity index (χ4v) is 3.25. The number of hydrogen-bond acceptors (Lipinski definition) is 4. The maximum Gasteiger partial charge on any atom is 0.267 e. The van der Waals surface area contributed by atoms with Gasteiger partial charge in [-0.3, -0.25) is 10.1 Å². The van der Waals surface area contributed by atoms with Crippen molar-refractivity contribution in [1.82, 2.24) is 5.32 Å². The lowest BCUT2D eigenvalue weighted by Gasteiger charge is -2.13. The molecule has 0 aromatic heterocycles. The highest BCUT2D eigenvalue weighted by Crippen LogP contribution is 2.28. The number of carbonyl (C=O) groups excluding carboxylic acids is 1. The Morgan fingerprint density at radius 3 is 2.68 bits per heavy atom. The van der Waals surface area contributed by atoms with Crippen molar-refractivity contribution in [3.8, 4) is 11.5 Å². The third-order valence-electron chi connectivity index (χ3n) is 4.56. The van der Waals surface area contributed by atoms with Crippen molar-refractivity contribution in [2.24, 2.45) is 0 Å². The Kier molecular flexibility index (Phi) is 7.25. The number of amides is 1. The van der Waals surface area contributed by atoms with Crippen molar-refractivity contribution in [2.75, 3.05) is 11.9 Å². The summed E-state index contributed by atoms with van der Waals surface area (Å²) < 4.78 is 11.4. The molecule has 0 bridgehead atoms. The van der Waals surface area contributed by atoms with Crippen molar-refractivity contribution < 1.29 is 14.3 Å². The van der Waals surface area contributed by atoms with Crippen molar-refractivity contribution in [1.29, 1.82) is 0 Å². The molecule has 0 saturated carbocycles. The number of hydrogen-bond donors (Lipinski definition) is 2. The number of ether oxygens (including phenoxy) is 2. The Morgan fingerprint density at radius 1 is 1.14 bits per heavy atom. The molecule has 2 aromatic carbocycles. The molecule has 2 N–H and O–H groups in total. The number of thiocarbonyl (C=S) groups is 1. The molecule has 5 nitrogen and oxygen atoms in total. The summed E-state index contributed by atoms with van der Waals surface area (Å²) in [6, 6.07) is 15.2. The minimum Gasteiger partial charge on any atom is -0.494 e. The van der Waals surface area contributed by atoms with Gasteiger partial charge in [-0.2, -0.15) is 0 Å². The molecule has 148 valence electrons. The van der Waals surface area contributed by atoms with Crippen LogP contribution in [0.15, 0.2) is 48.5 Å². The molecule has 0 saturated heterocycles. The zero-order valence-corrected chi connectivity index (χ0v) is 16.9. The molecule has 1 aliphatic heterocycles. The topological polar surface area (TPSA) is 59.6 Å². The van der Waals surface area contributed by atoms with Crippen LogP contribution in [0.4, 0.5) is 5.69 Å². The Labute approximate surface area is 171 Å². The highest BCUT2D eigenvalue weighted by molar-refractivity contribution is 7.80. The largest absolute Gasteiger partial charge is 0.494 e. The summed E-state index contributed by atoms with van der Waals surface area (Å²) in [5.74, 6) is 1.33. The lowest BCUT2D eigenvalue weighted by atomic mass is 10.1. The lowest BCUT2D eigenvalue weighted by Crippen LogP contribution is -2.42. The predicted molar refractivity (Wildman–Crippen MR) is 115 cm³/mol. The van der Waals surface area contributed by atoms with Crippen LogP contribution < -0.4 is 20.1 Å². The van der Waals surface area contributed by atoms with Gasteiger partial charge in [0.05, 0.1) is 6.61 Å². The molecule has 6 heteroatoms. The normalized spacial score (nSPS) is 14.7. The van der Waals surface area contributed by atoms with Crippen molar-refractivity contribution in [3.05, 3.63) is 54.1 Å². The van der Waals surface area contributed by atoms with Crippen LogP contribution in [0.2, 0.25) is 0 Å². The molecular formula is C22H26N2O3S. The van der Waals surface area contributed by atoms with Gasteiger partial charge in [-0.15, -0.1) is 0 Å². The SMILES string of the molecule is CCCCCCOc1ccc(NC(=S)NC(=O)C2Cc3ccccc3O2)cc1. The van der Waals surface area contributed by atoms with Gasteiger partial charge in [0, 0.05) is 12.1 Å². The van der Waals surface area contributed by atoms with Gasteiger partial charge in [-0.25, -0.2) is 0 Å². The van der Waals surface area contributed by atoms with E-state index in [0.29, 0.717) is 6.42 Å². The van der Waals surface area contributed by atoms with Gasteiger partial charge >= 0.3 is 0 Å². The molecule has 0 fully saturated rings. The second kappa shape index (κ2) is 10.1. The van der Waals surface area contributed by atoms with E-state index < -0.39 is 6.10 Å². The number of unbranched alkanes of at least 4 members (excludes halogenated alkanes) is 3. The van der Waals surface area contributed by atoms with Gasteiger partial charge in [-0.1, -0.05) is 44.4 Å². The summed E-state index contributed by atoms with van der Waals surface area (Å²) in [6.07, 6.45) is 4.72. The molecule has 1 heterocycles. The number of carbonyl (C=O) groups is 1. The first-order chi connectivity index (χ1) is 13.7. The minimum absolute atomic E-state index is 0.248. The zero-order valence-electron chi connectivity index (χ0n) is 16.1. The van der Waals surface area contributed by atoms with Crippen LogP contribution in [0.3, 0.4) is 0 Å². The Balaban J connectivity index is 1.41. The van der Waals surface area contributed by atoms with Crippen LogP contribution in [-0.2, 0) is 11.2 Å². The predicted octanol–water partition coefficient (Wildman–Crippen LogP) is 4.46. The summed E-state index contributed by atoms with van der Waals surface area (Å²) in [5, 5.41) is 5.96. The van der Waals surface area contributed by atoms with Crippen LogP contribution in [-0.4, -0.2) is 23.7 Å². The van der Waals surface area contributed by atoms with Crippen LogP contribution in [0, 0.1) is 0 Å². The summed E-state index contributed by atoms with van der Waals surface area (Å²) in [6.45, 7) is 2.92. The van der Waals surface area contributed by atoms with E-state index in [9.17, 15) is 4.79 Å². The van der Waals surface area contributed by atoms with Crippen LogP contribution in [0.25, 0.3) is 0 Å². The highest BCUT2D eigenvalue weighted by Gasteiger charge is 2.29. The number of anilines is 1. The fourth-order valence-electron chi connectivity index (χ4n) is 3.04. The zero-order chi connectivity index (χ0) is 19.8. The molecule has 2 aromatic rings. The molecular weight excluding hydrogens is 372 g/mol. The second-order valence-electron chi connectivity index (χ2n) is 6.80. The van der Waals surface area contributed by atoms with Crippen molar-refractivity contribution in [2.45, 2.75) is 45.1 Å². The molecule has 1 amide bonds. The number of para-hydroxylation sites is 1. The van der Waals surface area contributed by atoms with Crippen LogP contribution >= 0.6 is 12.2 Å². The van der Waals surface area contributed by atoms with Gasteiger partial charge in [0.1, 0.15) is 11.5 Å². The van der Waals surface area contributed by atoms with E-state index in [1.807, 2.05) is 48.5 Å². The molecule has 1 unspecified atom stereocenters. The third kappa shape index (κ3) is 5.70. The average molecular weight is 399 g/mol. The summed E-state index contributed by atoms with van der Waals surface area (Å²) in [7, 11) is 0. The van der Waals surface area contributed by atoms with Gasteiger partial charge in [0.15, 0.2) is 11.2 Å². The standard InChI is InChI=1S/C22H26N2O3S/c1-2-3-4-7-14-26-18-12-10-17(11-13-18)23-22(28)24-21(25)20-15-16-8-5-6-9-19(16)27-20/h5-6,8-13,20H,2-4,7,14-15H2,1H3,(H2,23,24,25,28). The Morgan fingerprint density at radius 2 is 1.93 bits per heavy atom. The first-order valence-corrected chi connectivity index (χ1v) is 10.2. The molecule has 3 rings (SSSR count). The molecule has 1 atom stereocenters.